The predicted octanol–water partition coefficient (Wildman–Crippen LogP) is 5.21. The molecule has 2 N–H and O–H groups in total. The fourth-order valence-electron chi connectivity index (χ4n) is 3.47. The smallest absolute Gasteiger partial charge is 0.334 e. The number of carbonyl (C=O) groups is 1. The van der Waals surface area contributed by atoms with E-state index in [0.29, 0.717) is 10.7 Å². The van der Waals surface area contributed by atoms with Crippen LogP contribution in [0.25, 0.3) is 0 Å². The van der Waals surface area contributed by atoms with E-state index in [0.717, 1.165) is 5.56 Å². The molecule has 3 rings (SSSR count). The molecule has 1 heterocycles. The number of hydrogen-bond donors (Lipinski definition) is 2. The number of rotatable bonds is 2. The molecular weight excluding hydrogens is 352 g/mol. The normalized spacial score (nSPS) is 21.7. The van der Waals surface area contributed by atoms with Crippen molar-refractivity contribution in [2.75, 3.05) is 5.32 Å². The largest absolute Gasteiger partial charge is 0.479 e. The topological polar surface area (TPSA) is 49.3 Å². The summed E-state index contributed by atoms with van der Waals surface area (Å²) in [5.41, 5.74) is -0.595. The molecule has 2 aromatic rings. The molecule has 1 aliphatic heterocycles. The van der Waals surface area contributed by atoms with Gasteiger partial charge in [0.1, 0.15) is 5.82 Å². The molecule has 0 spiro atoms. The van der Waals surface area contributed by atoms with Crippen molar-refractivity contribution in [2.45, 2.75) is 31.2 Å². The van der Waals surface area contributed by atoms with Crippen molar-refractivity contribution >= 4 is 34.9 Å². The number of hydrogen-bond acceptors (Lipinski definition) is 2. The Labute approximate surface area is 149 Å². The molecule has 0 saturated heterocycles. The highest BCUT2D eigenvalue weighted by Gasteiger charge is 2.50. The quantitative estimate of drug-likeness (QED) is 0.766. The van der Waals surface area contributed by atoms with E-state index in [9.17, 15) is 14.3 Å². The van der Waals surface area contributed by atoms with Crippen LogP contribution in [0.15, 0.2) is 36.4 Å². The second-order valence-corrected chi connectivity index (χ2v) is 7.58. The SMILES string of the molecule is CC1(C)CC(C(=O)O)(c2cc(Cl)ccc2F)Nc2cc(Cl)ccc21. The Morgan fingerprint density at radius 3 is 2.42 bits per heavy atom. The summed E-state index contributed by atoms with van der Waals surface area (Å²) in [6.07, 6.45) is 0.168. The molecule has 1 aliphatic rings. The van der Waals surface area contributed by atoms with E-state index in [1.54, 1.807) is 12.1 Å². The lowest BCUT2D eigenvalue weighted by atomic mass is 9.67. The van der Waals surface area contributed by atoms with Crippen molar-refractivity contribution in [3.63, 3.8) is 0 Å². The molecule has 0 aromatic heterocycles. The Balaban J connectivity index is 2.27. The minimum atomic E-state index is -1.63. The third-order valence-corrected chi connectivity index (χ3v) is 4.99. The van der Waals surface area contributed by atoms with Gasteiger partial charge in [-0.05, 0) is 47.7 Å². The van der Waals surface area contributed by atoms with Gasteiger partial charge in [0, 0.05) is 21.3 Å². The van der Waals surface area contributed by atoms with E-state index >= 15 is 0 Å². The molecule has 0 amide bonds. The average Bonchev–Trinajstić information content (AvgIpc) is 2.48. The maximum atomic E-state index is 14.5. The third kappa shape index (κ3) is 2.64. The molecular formula is C18H16Cl2FNO2. The molecule has 6 heteroatoms. The maximum Gasteiger partial charge on any atom is 0.334 e. The van der Waals surface area contributed by atoms with Gasteiger partial charge in [-0.3, -0.25) is 0 Å². The molecule has 3 nitrogen and oxygen atoms in total. The molecule has 1 unspecified atom stereocenters. The molecule has 1 atom stereocenters. The number of carboxylic acids is 1. The van der Waals surface area contributed by atoms with Gasteiger partial charge in [-0.25, -0.2) is 9.18 Å². The summed E-state index contributed by atoms with van der Waals surface area (Å²) in [6.45, 7) is 3.86. The van der Waals surface area contributed by atoms with Gasteiger partial charge in [0.05, 0.1) is 0 Å². The van der Waals surface area contributed by atoms with Crippen molar-refractivity contribution in [3.05, 3.63) is 63.4 Å². The highest BCUT2D eigenvalue weighted by atomic mass is 35.5. The lowest BCUT2D eigenvalue weighted by molar-refractivity contribution is -0.143. The highest BCUT2D eigenvalue weighted by Crippen LogP contribution is 2.48. The first-order chi connectivity index (χ1) is 11.2. The number of anilines is 1. The summed E-state index contributed by atoms with van der Waals surface area (Å²) in [6, 6.07) is 9.24. The summed E-state index contributed by atoms with van der Waals surface area (Å²) in [5.74, 6) is -1.78. The van der Waals surface area contributed by atoms with E-state index in [2.05, 4.69) is 5.32 Å². The van der Waals surface area contributed by atoms with Gasteiger partial charge in [-0.2, -0.15) is 0 Å². The number of halogens is 3. The number of fused-ring (bicyclic) bond motifs is 1. The number of aliphatic carboxylic acids is 1. The molecule has 0 aliphatic carbocycles. The van der Waals surface area contributed by atoms with Gasteiger partial charge >= 0.3 is 5.97 Å². The predicted molar refractivity (Wildman–Crippen MR) is 93.4 cm³/mol. The zero-order chi connectivity index (χ0) is 17.7. The van der Waals surface area contributed by atoms with Crippen molar-refractivity contribution in [1.82, 2.24) is 0 Å². The molecule has 0 fully saturated rings. The standard InChI is InChI=1S/C18H16Cl2FNO2/c1-17(2)9-18(16(23)24,13-7-10(19)4-6-14(13)21)22-15-8-11(20)3-5-12(15)17/h3-8,22H,9H2,1-2H3,(H,23,24). The summed E-state index contributed by atoms with van der Waals surface area (Å²) < 4.78 is 14.5. The van der Waals surface area contributed by atoms with Crippen LogP contribution in [0, 0.1) is 5.82 Å². The molecule has 2 aromatic carbocycles. The molecule has 24 heavy (non-hydrogen) atoms. The second kappa shape index (κ2) is 5.64. The first-order valence-corrected chi connectivity index (χ1v) is 8.18. The van der Waals surface area contributed by atoms with Gasteiger partial charge in [-0.15, -0.1) is 0 Å². The Kier molecular flexibility index (Phi) is 4.01. The van der Waals surface area contributed by atoms with Crippen LogP contribution in [0.5, 0.6) is 0 Å². The molecule has 126 valence electrons. The van der Waals surface area contributed by atoms with Crippen LogP contribution in [-0.2, 0) is 15.7 Å². The summed E-state index contributed by atoms with van der Waals surface area (Å²) in [4.78, 5) is 12.2. The Bertz CT molecular complexity index is 838. The van der Waals surface area contributed by atoms with Gasteiger partial charge < -0.3 is 10.4 Å². The van der Waals surface area contributed by atoms with Crippen molar-refractivity contribution in [3.8, 4) is 0 Å². The number of benzene rings is 2. The van der Waals surface area contributed by atoms with E-state index < -0.39 is 22.7 Å². The first kappa shape index (κ1) is 17.1. The van der Waals surface area contributed by atoms with Crippen molar-refractivity contribution < 1.29 is 14.3 Å². The lowest BCUT2D eigenvalue weighted by Gasteiger charge is -2.45. The Morgan fingerprint density at radius 1 is 1.12 bits per heavy atom. The Hall–Kier alpha value is -1.78. The average molecular weight is 368 g/mol. The monoisotopic (exact) mass is 367 g/mol. The summed E-state index contributed by atoms with van der Waals surface area (Å²) in [7, 11) is 0. The number of nitrogens with one attached hydrogen (secondary N) is 1. The Morgan fingerprint density at radius 2 is 1.75 bits per heavy atom. The van der Waals surface area contributed by atoms with Gasteiger partial charge in [-0.1, -0.05) is 43.1 Å². The van der Waals surface area contributed by atoms with Crippen LogP contribution < -0.4 is 5.32 Å². The van der Waals surface area contributed by atoms with E-state index in [1.165, 1.54) is 18.2 Å². The van der Waals surface area contributed by atoms with Crippen molar-refractivity contribution in [1.29, 1.82) is 0 Å². The van der Waals surface area contributed by atoms with Crippen LogP contribution in [0.2, 0.25) is 10.0 Å². The van der Waals surface area contributed by atoms with E-state index in [1.807, 2.05) is 19.9 Å². The minimum Gasteiger partial charge on any atom is -0.479 e. The zero-order valence-electron chi connectivity index (χ0n) is 13.2. The zero-order valence-corrected chi connectivity index (χ0v) is 14.7. The molecule has 0 bridgehead atoms. The van der Waals surface area contributed by atoms with E-state index in [-0.39, 0.29) is 17.0 Å². The fraction of sp³-hybridized carbons (Fsp3) is 0.278. The maximum absolute atomic E-state index is 14.5. The highest BCUT2D eigenvalue weighted by molar-refractivity contribution is 6.31. The van der Waals surface area contributed by atoms with Gasteiger partial charge in [0.25, 0.3) is 0 Å². The third-order valence-electron chi connectivity index (χ3n) is 4.52. The lowest BCUT2D eigenvalue weighted by Crippen LogP contribution is -2.51. The second-order valence-electron chi connectivity index (χ2n) is 6.71. The van der Waals surface area contributed by atoms with Crippen LogP contribution in [0.4, 0.5) is 10.1 Å². The van der Waals surface area contributed by atoms with E-state index in [4.69, 9.17) is 23.2 Å². The summed E-state index contributed by atoms with van der Waals surface area (Å²) >= 11 is 12.1. The van der Waals surface area contributed by atoms with Crippen molar-refractivity contribution in [2.24, 2.45) is 0 Å². The van der Waals surface area contributed by atoms with Crippen LogP contribution in [-0.4, -0.2) is 11.1 Å². The molecule has 0 radical (unpaired) electrons. The van der Waals surface area contributed by atoms with Crippen LogP contribution >= 0.6 is 23.2 Å². The minimum absolute atomic E-state index is 0.0150. The fourth-order valence-corrected chi connectivity index (χ4v) is 3.82. The first-order valence-electron chi connectivity index (χ1n) is 7.43. The summed E-state index contributed by atoms with van der Waals surface area (Å²) in [5, 5.41) is 13.7. The number of carboxylic acid groups (broad SMARTS) is 1. The molecule has 0 saturated carbocycles. The van der Waals surface area contributed by atoms with Gasteiger partial charge in [0.2, 0.25) is 0 Å². The van der Waals surface area contributed by atoms with Crippen LogP contribution in [0.3, 0.4) is 0 Å². The van der Waals surface area contributed by atoms with Crippen LogP contribution in [0.1, 0.15) is 31.4 Å². The van der Waals surface area contributed by atoms with Gasteiger partial charge in [0.15, 0.2) is 5.54 Å².